The molecule has 2 aliphatic carbocycles. The molecule has 15 heavy (non-hydrogen) atoms. The van der Waals surface area contributed by atoms with Crippen LogP contribution in [0.3, 0.4) is 0 Å². The molecule has 0 aromatic rings. The van der Waals surface area contributed by atoms with E-state index in [0.29, 0.717) is 24.4 Å². The summed E-state index contributed by atoms with van der Waals surface area (Å²) in [5.41, 5.74) is 0. The number of ether oxygens (including phenoxy) is 1. The highest BCUT2D eigenvalue weighted by Gasteiger charge is 2.35. The van der Waals surface area contributed by atoms with Crippen molar-refractivity contribution in [1.82, 2.24) is 0 Å². The van der Waals surface area contributed by atoms with E-state index in [4.69, 9.17) is 4.74 Å². The lowest BCUT2D eigenvalue weighted by molar-refractivity contribution is -0.146. The van der Waals surface area contributed by atoms with Gasteiger partial charge in [-0.25, -0.2) is 0 Å². The van der Waals surface area contributed by atoms with Crippen molar-refractivity contribution < 1.29 is 17.9 Å². The first-order valence-electron chi connectivity index (χ1n) is 5.37. The highest BCUT2D eigenvalue weighted by Crippen LogP contribution is 2.43. The zero-order valence-corrected chi connectivity index (χ0v) is 8.46. The van der Waals surface area contributed by atoms with E-state index in [0.717, 1.165) is 6.42 Å². The van der Waals surface area contributed by atoms with Crippen LogP contribution in [0.5, 0.6) is 0 Å². The molecule has 0 N–H and O–H groups in total. The van der Waals surface area contributed by atoms with Crippen LogP contribution in [0.4, 0.5) is 13.2 Å². The molecule has 0 saturated heterocycles. The Morgan fingerprint density at radius 1 is 1.20 bits per heavy atom. The quantitative estimate of drug-likeness (QED) is 0.522. The van der Waals surface area contributed by atoms with Gasteiger partial charge in [0.05, 0.1) is 13.0 Å². The predicted molar refractivity (Wildman–Crippen MR) is 50.3 cm³/mol. The van der Waals surface area contributed by atoms with Crippen LogP contribution < -0.4 is 0 Å². The summed E-state index contributed by atoms with van der Waals surface area (Å²) in [7, 11) is 0. The Bertz CT molecular complexity index is 247. The number of alkyl halides is 3. The first-order chi connectivity index (χ1) is 7.04. The van der Waals surface area contributed by atoms with Crippen LogP contribution in [0.25, 0.3) is 0 Å². The van der Waals surface area contributed by atoms with E-state index in [-0.39, 0.29) is 6.61 Å². The lowest BCUT2D eigenvalue weighted by Gasteiger charge is -2.18. The minimum atomic E-state index is -4.09. The van der Waals surface area contributed by atoms with Crippen molar-refractivity contribution in [3.8, 4) is 0 Å². The van der Waals surface area contributed by atoms with Crippen molar-refractivity contribution in [2.75, 3.05) is 13.2 Å². The highest BCUT2D eigenvalue weighted by atomic mass is 19.4. The molecule has 1 saturated carbocycles. The smallest absolute Gasteiger partial charge is 0.381 e. The molecule has 0 spiro atoms. The molecule has 3 atom stereocenters. The molecule has 2 aliphatic rings. The lowest BCUT2D eigenvalue weighted by atomic mass is 9.95. The Labute approximate surface area is 87.3 Å². The zero-order valence-electron chi connectivity index (χ0n) is 8.46. The molecule has 0 radical (unpaired) electrons. The Kier molecular flexibility index (Phi) is 3.05. The van der Waals surface area contributed by atoms with Gasteiger partial charge in [0.15, 0.2) is 0 Å². The number of halogens is 3. The van der Waals surface area contributed by atoms with Gasteiger partial charge in [-0.15, -0.1) is 0 Å². The number of hydrogen-bond donors (Lipinski definition) is 0. The van der Waals surface area contributed by atoms with E-state index < -0.39 is 12.6 Å². The van der Waals surface area contributed by atoms with E-state index in [1.54, 1.807) is 0 Å². The SMILES string of the molecule is FC(F)(F)CCOCC1CC2C=CC1C2. The van der Waals surface area contributed by atoms with Gasteiger partial charge in [-0.3, -0.25) is 0 Å². The van der Waals surface area contributed by atoms with Gasteiger partial charge in [0, 0.05) is 6.61 Å². The van der Waals surface area contributed by atoms with Gasteiger partial charge in [-0.1, -0.05) is 12.2 Å². The monoisotopic (exact) mass is 220 g/mol. The van der Waals surface area contributed by atoms with Gasteiger partial charge in [-0.05, 0) is 30.6 Å². The van der Waals surface area contributed by atoms with Gasteiger partial charge in [-0.2, -0.15) is 13.2 Å². The summed E-state index contributed by atoms with van der Waals surface area (Å²) < 4.78 is 40.5. The van der Waals surface area contributed by atoms with E-state index in [9.17, 15) is 13.2 Å². The van der Waals surface area contributed by atoms with Crippen LogP contribution >= 0.6 is 0 Å². The minimum absolute atomic E-state index is 0.193. The molecular formula is C11H15F3O. The van der Waals surface area contributed by atoms with E-state index in [2.05, 4.69) is 12.2 Å². The maximum atomic E-state index is 11.8. The summed E-state index contributed by atoms with van der Waals surface area (Å²) in [6, 6.07) is 0. The fourth-order valence-corrected chi connectivity index (χ4v) is 2.51. The fourth-order valence-electron chi connectivity index (χ4n) is 2.51. The van der Waals surface area contributed by atoms with E-state index in [1.165, 1.54) is 6.42 Å². The molecule has 0 aromatic heterocycles. The second-order valence-electron chi connectivity index (χ2n) is 4.48. The van der Waals surface area contributed by atoms with Crippen LogP contribution in [0, 0.1) is 17.8 Å². The molecular weight excluding hydrogens is 205 g/mol. The molecule has 4 heteroatoms. The molecule has 86 valence electrons. The van der Waals surface area contributed by atoms with Gasteiger partial charge < -0.3 is 4.74 Å². The number of rotatable bonds is 4. The third kappa shape index (κ3) is 2.97. The second kappa shape index (κ2) is 4.16. The average Bonchev–Trinajstić information content (AvgIpc) is 2.71. The van der Waals surface area contributed by atoms with Crippen LogP contribution in [-0.2, 0) is 4.74 Å². The summed E-state index contributed by atoms with van der Waals surface area (Å²) in [5, 5.41) is 0. The molecule has 3 unspecified atom stereocenters. The molecule has 0 amide bonds. The molecule has 0 heterocycles. The Balaban J connectivity index is 1.61. The molecule has 2 rings (SSSR count). The van der Waals surface area contributed by atoms with Gasteiger partial charge in [0.25, 0.3) is 0 Å². The van der Waals surface area contributed by atoms with Crippen molar-refractivity contribution in [2.24, 2.45) is 17.8 Å². The maximum Gasteiger partial charge on any atom is 0.391 e. The first kappa shape index (κ1) is 11.0. The largest absolute Gasteiger partial charge is 0.391 e. The number of hydrogen-bond acceptors (Lipinski definition) is 1. The predicted octanol–water partition coefficient (Wildman–Crippen LogP) is 3.17. The first-order valence-corrected chi connectivity index (χ1v) is 5.37. The van der Waals surface area contributed by atoms with Crippen LogP contribution in [-0.4, -0.2) is 19.4 Å². The molecule has 0 aliphatic heterocycles. The number of fused-ring (bicyclic) bond motifs is 2. The average molecular weight is 220 g/mol. The minimum Gasteiger partial charge on any atom is -0.381 e. The summed E-state index contributed by atoms with van der Waals surface area (Å²) in [4.78, 5) is 0. The topological polar surface area (TPSA) is 9.23 Å². The Hall–Kier alpha value is -0.510. The Morgan fingerprint density at radius 2 is 2.00 bits per heavy atom. The third-order valence-electron chi connectivity index (χ3n) is 3.28. The lowest BCUT2D eigenvalue weighted by Crippen LogP contribution is -2.17. The molecule has 0 aromatic carbocycles. The van der Waals surface area contributed by atoms with Crippen LogP contribution in [0.1, 0.15) is 19.3 Å². The maximum absolute atomic E-state index is 11.8. The van der Waals surface area contributed by atoms with Crippen molar-refractivity contribution in [2.45, 2.75) is 25.4 Å². The normalized spacial score (nSPS) is 33.9. The van der Waals surface area contributed by atoms with Crippen LogP contribution in [0.2, 0.25) is 0 Å². The molecule has 1 fully saturated rings. The van der Waals surface area contributed by atoms with Crippen molar-refractivity contribution in [3.05, 3.63) is 12.2 Å². The van der Waals surface area contributed by atoms with Gasteiger partial charge in [0.2, 0.25) is 0 Å². The fraction of sp³-hybridized carbons (Fsp3) is 0.818. The van der Waals surface area contributed by atoms with E-state index in [1.807, 2.05) is 0 Å². The summed E-state index contributed by atoms with van der Waals surface area (Å²) in [5.74, 6) is 1.67. The summed E-state index contributed by atoms with van der Waals surface area (Å²) in [6.07, 6.45) is 1.75. The van der Waals surface area contributed by atoms with E-state index >= 15 is 0 Å². The molecule has 2 bridgehead atoms. The van der Waals surface area contributed by atoms with Crippen molar-refractivity contribution in [3.63, 3.8) is 0 Å². The second-order valence-corrected chi connectivity index (χ2v) is 4.48. The highest BCUT2D eigenvalue weighted by molar-refractivity contribution is 5.09. The van der Waals surface area contributed by atoms with Gasteiger partial charge >= 0.3 is 6.18 Å². The molecule has 1 nitrogen and oxygen atoms in total. The third-order valence-corrected chi connectivity index (χ3v) is 3.28. The van der Waals surface area contributed by atoms with Crippen LogP contribution in [0.15, 0.2) is 12.2 Å². The van der Waals surface area contributed by atoms with Crippen molar-refractivity contribution >= 4 is 0 Å². The number of allylic oxidation sites excluding steroid dienone is 2. The Morgan fingerprint density at radius 3 is 2.53 bits per heavy atom. The summed E-state index contributed by atoms with van der Waals surface area (Å²) >= 11 is 0. The standard InChI is InChI=1S/C11H15F3O/c12-11(13,14)3-4-15-7-10-6-8-1-2-9(10)5-8/h1-2,8-10H,3-7H2. The van der Waals surface area contributed by atoms with Gasteiger partial charge in [0.1, 0.15) is 0 Å². The van der Waals surface area contributed by atoms with Crippen molar-refractivity contribution in [1.29, 1.82) is 0 Å². The summed E-state index contributed by atoms with van der Waals surface area (Å²) in [6.45, 7) is 0.294. The zero-order chi connectivity index (χ0) is 10.9.